The molecule has 0 radical (unpaired) electrons. The Morgan fingerprint density at radius 1 is 1.46 bits per heavy atom. The fourth-order valence-electron chi connectivity index (χ4n) is 1.18. The molecule has 0 aliphatic carbocycles. The van der Waals surface area contributed by atoms with Crippen molar-refractivity contribution in [3.63, 3.8) is 0 Å². The van der Waals surface area contributed by atoms with E-state index in [0.29, 0.717) is 6.54 Å². The molecule has 1 heterocycles. The van der Waals surface area contributed by atoms with Crippen molar-refractivity contribution < 1.29 is 0 Å². The van der Waals surface area contributed by atoms with E-state index >= 15 is 0 Å². The first kappa shape index (κ1) is 8.41. The second kappa shape index (κ2) is 3.68. The van der Waals surface area contributed by atoms with Gasteiger partial charge in [0.1, 0.15) is 0 Å². The lowest BCUT2D eigenvalue weighted by Crippen LogP contribution is -1.91. The molecule has 2 aromatic rings. The highest BCUT2D eigenvalue weighted by Gasteiger charge is 1.95. The van der Waals surface area contributed by atoms with E-state index in [4.69, 9.17) is 5.73 Å². The number of nitrogens with two attached hydrogens (primary N) is 1. The van der Waals surface area contributed by atoms with Gasteiger partial charge in [0.2, 0.25) is 0 Å². The van der Waals surface area contributed by atoms with Crippen LogP contribution in [0.1, 0.15) is 5.56 Å². The first-order chi connectivity index (χ1) is 6.40. The minimum atomic E-state index is 0.578. The van der Waals surface area contributed by atoms with Crippen molar-refractivity contribution in [3.05, 3.63) is 35.3 Å². The third kappa shape index (κ3) is 1.76. The van der Waals surface area contributed by atoms with E-state index in [2.05, 4.69) is 23.2 Å². The summed E-state index contributed by atoms with van der Waals surface area (Å²) in [4.78, 5) is 4.24. The summed E-state index contributed by atoms with van der Waals surface area (Å²) in [7, 11) is 0. The molecule has 0 spiro atoms. The minimum absolute atomic E-state index is 0.578. The van der Waals surface area contributed by atoms with E-state index in [1.54, 1.807) is 11.3 Å². The molecule has 2 rings (SSSR count). The van der Waals surface area contributed by atoms with Crippen LogP contribution in [0.5, 0.6) is 0 Å². The van der Waals surface area contributed by atoms with Gasteiger partial charge in [0, 0.05) is 6.54 Å². The van der Waals surface area contributed by atoms with Crippen LogP contribution in [-0.4, -0.2) is 11.5 Å². The van der Waals surface area contributed by atoms with Crippen LogP contribution in [0.2, 0.25) is 0 Å². The minimum Gasteiger partial charge on any atom is -0.327 e. The van der Waals surface area contributed by atoms with E-state index in [0.717, 1.165) is 11.1 Å². The highest BCUT2D eigenvalue weighted by molar-refractivity contribution is 7.16. The fourth-order valence-corrected chi connectivity index (χ4v) is 1.84. The maximum atomic E-state index is 5.37. The molecule has 66 valence electrons. The molecule has 3 heteroatoms. The number of rotatable bonds is 2. The van der Waals surface area contributed by atoms with Gasteiger partial charge in [0.25, 0.3) is 0 Å². The topological polar surface area (TPSA) is 38.9 Å². The van der Waals surface area contributed by atoms with E-state index in [9.17, 15) is 0 Å². The molecule has 0 saturated carbocycles. The number of aromatic nitrogens is 1. The highest BCUT2D eigenvalue weighted by atomic mass is 32.1. The number of thiazole rings is 1. The average Bonchev–Trinajstić information content (AvgIpc) is 2.61. The Morgan fingerprint density at radius 2 is 2.38 bits per heavy atom. The highest BCUT2D eigenvalue weighted by Crippen LogP contribution is 2.19. The molecule has 0 atom stereocenters. The number of benzene rings is 1. The summed E-state index contributed by atoms with van der Waals surface area (Å²) in [6.07, 6.45) is 3.95. The number of nitrogens with zero attached hydrogens (tertiary/aromatic N) is 1. The smallest absolute Gasteiger partial charge is 0.0817 e. The van der Waals surface area contributed by atoms with Crippen LogP contribution in [0.25, 0.3) is 16.3 Å². The Hall–Kier alpha value is -1.19. The molecule has 0 amide bonds. The molecule has 2 N–H and O–H groups in total. The van der Waals surface area contributed by atoms with E-state index in [1.807, 2.05) is 17.7 Å². The Kier molecular flexibility index (Phi) is 2.38. The lowest BCUT2D eigenvalue weighted by atomic mass is 10.2. The van der Waals surface area contributed by atoms with Gasteiger partial charge in [-0.15, -0.1) is 11.3 Å². The summed E-state index contributed by atoms with van der Waals surface area (Å²) in [5, 5.41) is 0. The molecule has 2 nitrogen and oxygen atoms in total. The maximum Gasteiger partial charge on any atom is 0.0817 e. The maximum absolute atomic E-state index is 5.37. The van der Waals surface area contributed by atoms with Crippen LogP contribution in [0.15, 0.2) is 29.8 Å². The molecule has 0 unspecified atom stereocenters. The summed E-state index contributed by atoms with van der Waals surface area (Å²) >= 11 is 1.66. The number of hydrogen-bond donors (Lipinski definition) is 1. The van der Waals surface area contributed by atoms with E-state index < -0.39 is 0 Å². The van der Waals surface area contributed by atoms with E-state index in [-0.39, 0.29) is 0 Å². The van der Waals surface area contributed by atoms with Crippen molar-refractivity contribution in [2.45, 2.75) is 0 Å². The average molecular weight is 190 g/mol. The van der Waals surface area contributed by atoms with E-state index in [1.165, 1.54) is 4.70 Å². The molecular weight excluding hydrogens is 180 g/mol. The third-order valence-corrected chi connectivity index (χ3v) is 2.61. The van der Waals surface area contributed by atoms with Gasteiger partial charge in [-0.1, -0.05) is 18.2 Å². The first-order valence-electron chi connectivity index (χ1n) is 4.10. The van der Waals surface area contributed by atoms with Gasteiger partial charge >= 0.3 is 0 Å². The predicted octanol–water partition coefficient (Wildman–Crippen LogP) is 2.27. The van der Waals surface area contributed by atoms with Crippen LogP contribution in [0.4, 0.5) is 0 Å². The van der Waals surface area contributed by atoms with Crippen molar-refractivity contribution in [2.75, 3.05) is 6.54 Å². The second-order valence-corrected chi connectivity index (χ2v) is 3.60. The molecule has 0 aliphatic heterocycles. The largest absolute Gasteiger partial charge is 0.327 e. The summed E-state index contributed by atoms with van der Waals surface area (Å²) in [5.74, 6) is 0. The Bertz CT molecular complexity index is 431. The monoisotopic (exact) mass is 190 g/mol. The quantitative estimate of drug-likeness (QED) is 0.789. The lowest BCUT2D eigenvalue weighted by Gasteiger charge is -1.92. The molecule has 0 aliphatic rings. The second-order valence-electron chi connectivity index (χ2n) is 2.72. The number of fused-ring (bicyclic) bond motifs is 1. The van der Waals surface area contributed by atoms with Gasteiger partial charge in [-0.3, -0.25) is 0 Å². The summed E-state index contributed by atoms with van der Waals surface area (Å²) in [6, 6.07) is 6.23. The molecule has 0 fully saturated rings. The summed E-state index contributed by atoms with van der Waals surface area (Å²) in [6.45, 7) is 0.578. The van der Waals surface area contributed by atoms with Crippen molar-refractivity contribution >= 4 is 27.6 Å². The van der Waals surface area contributed by atoms with Crippen LogP contribution in [-0.2, 0) is 0 Å². The molecule has 13 heavy (non-hydrogen) atoms. The standard InChI is InChI=1S/C10H10N2S/c11-5-1-2-8-3-4-10-9(6-8)12-7-13-10/h1-4,6-7H,5,11H2. The predicted molar refractivity (Wildman–Crippen MR) is 57.7 cm³/mol. The van der Waals surface area contributed by atoms with Crippen molar-refractivity contribution in [2.24, 2.45) is 5.73 Å². The van der Waals surface area contributed by atoms with Gasteiger partial charge in [0.05, 0.1) is 15.7 Å². The van der Waals surface area contributed by atoms with Gasteiger partial charge in [-0.2, -0.15) is 0 Å². The van der Waals surface area contributed by atoms with Gasteiger partial charge < -0.3 is 5.73 Å². The molecule has 1 aromatic heterocycles. The third-order valence-electron chi connectivity index (χ3n) is 1.80. The molecular formula is C10H10N2S. The SMILES string of the molecule is NCC=Cc1ccc2scnc2c1. The van der Waals surface area contributed by atoms with Crippen LogP contribution >= 0.6 is 11.3 Å². The van der Waals surface area contributed by atoms with Crippen molar-refractivity contribution in [3.8, 4) is 0 Å². The zero-order chi connectivity index (χ0) is 9.10. The van der Waals surface area contributed by atoms with Crippen molar-refractivity contribution in [1.82, 2.24) is 4.98 Å². The summed E-state index contributed by atoms with van der Waals surface area (Å²) in [5.41, 5.74) is 9.45. The van der Waals surface area contributed by atoms with Crippen molar-refractivity contribution in [1.29, 1.82) is 0 Å². The van der Waals surface area contributed by atoms with Gasteiger partial charge in [-0.25, -0.2) is 4.98 Å². The normalized spacial score (nSPS) is 11.5. The first-order valence-corrected chi connectivity index (χ1v) is 4.98. The summed E-state index contributed by atoms with van der Waals surface area (Å²) < 4.78 is 1.23. The Morgan fingerprint density at radius 3 is 3.23 bits per heavy atom. The van der Waals surface area contributed by atoms with Crippen LogP contribution in [0, 0.1) is 0 Å². The Balaban J connectivity index is 2.42. The fraction of sp³-hybridized carbons (Fsp3) is 0.100. The Labute approximate surface area is 80.7 Å². The van der Waals surface area contributed by atoms with Crippen LogP contribution < -0.4 is 5.73 Å². The van der Waals surface area contributed by atoms with Crippen LogP contribution in [0.3, 0.4) is 0 Å². The molecule has 0 bridgehead atoms. The number of hydrogen-bond acceptors (Lipinski definition) is 3. The van der Waals surface area contributed by atoms with Gasteiger partial charge in [0.15, 0.2) is 0 Å². The van der Waals surface area contributed by atoms with Gasteiger partial charge in [-0.05, 0) is 17.7 Å². The lowest BCUT2D eigenvalue weighted by molar-refractivity contribution is 1.26. The molecule has 1 aromatic carbocycles. The zero-order valence-electron chi connectivity index (χ0n) is 7.10. The molecule has 0 saturated heterocycles. The zero-order valence-corrected chi connectivity index (χ0v) is 7.92.